The van der Waals surface area contributed by atoms with Crippen molar-refractivity contribution in [3.63, 3.8) is 0 Å². The summed E-state index contributed by atoms with van der Waals surface area (Å²) in [7, 11) is 0. The van der Waals surface area contributed by atoms with Gasteiger partial charge in [0, 0.05) is 11.3 Å². The van der Waals surface area contributed by atoms with Crippen molar-refractivity contribution in [2.75, 3.05) is 5.32 Å². The smallest absolute Gasteiger partial charge is 0.335 e. The zero-order chi connectivity index (χ0) is 14.7. The van der Waals surface area contributed by atoms with Gasteiger partial charge in [-0.2, -0.15) is 0 Å². The lowest BCUT2D eigenvalue weighted by Gasteiger charge is -2.06. The predicted molar refractivity (Wildman–Crippen MR) is 72.8 cm³/mol. The number of halogens is 2. The molecule has 0 bridgehead atoms. The second kappa shape index (κ2) is 5.71. The van der Waals surface area contributed by atoms with Crippen LogP contribution in [0.2, 0.25) is 5.02 Å². The first-order chi connectivity index (χ1) is 9.47. The van der Waals surface area contributed by atoms with Crippen LogP contribution in [0.3, 0.4) is 0 Å². The van der Waals surface area contributed by atoms with Gasteiger partial charge in [0.1, 0.15) is 5.82 Å². The van der Waals surface area contributed by atoms with Crippen LogP contribution in [0.4, 0.5) is 10.1 Å². The molecule has 2 aromatic rings. The Labute approximate surface area is 118 Å². The van der Waals surface area contributed by atoms with Crippen LogP contribution in [0.5, 0.6) is 0 Å². The summed E-state index contributed by atoms with van der Waals surface area (Å²) in [5.74, 6) is -2.35. The van der Waals surface area contributed by atoms with Crippen molar-refractivity contribution >= 4 is 29.2 Å². The number of hydrogen-bond acceptors (Lipinski definition) is 2. The van der Waals surface area contributed by atoms with Gasteiger partial charge in [-0.1, -0.05) is 17.7 Å². The van der Waals surface area contributed by atoms with Gasteiger partial charge in [-0.25, -0.2) is 9.18 Å². The molecule has 0 spiro atoms. The minimum Gasteiger partial charge on any atom is -0.478 e. The molecule has 0 aliphatic heterocycles. The molecule has 0 saturated carbocycles. The molecule has 2 N–H and O–H groups in total. The lowest BCUT2D eigenvalue weighted by molar-refractivity contribution is 0.0696. The molecule has 1 amide bonds. The highest BCUT2D eigenvalue weighted by Gasteiger charge is 2.10. The van der Waals surface area contributed by atoms with Gasteiger partial charge in [-0.15, -0.1) is 0 Å². The predicted octanol–water partition coefficient (Wildman–Crippen LogP) is 3.43. The van der Waals surface area contributed by atoms with E-state index >= 15 is 0 Å². The van der Waals surface area contributed by atoms with Gasteiger partial charge in [0.2, 0.25) is 0 Å². The van der Waals surface area contributed by atoms with Gasteiger partial charge in [-0.3, -0.25) is 4.79 Å². The number of rotatable bonds is 3. The maximum Gasteiger partial charge on any atom is 0.335 e. The summed E-state index contributed by atoms with van der Waals surface area (Å²) < 4.78 is 13.3. The molecule has 0 atom stereocenters. The van der Waals surface area contributed by atoms with Crippen LogP contribution < -0.4 is 5.32 Å². The average molecular weight is 294 g/mol. The van der Waals surface area contributed by atoms with E-state index in [-0.39, 0.29) is 16.1 Å². The minimum atomic E-state index is -1.10. The Balaban J connectivity index is 2.21. The highest BCUT2D eigenvalue weighted by Crippen LogP contribution is 2.17. The van der Waals surface area contributed by atoms with E-state index in [0.29, 0.717) is 5.69 Å². The Morgan fingerprint density at radius 3 is 2.50 bits per heavy atom. The van der Waals surface area contributed by atoms with Crippen molar-refractivity contribution in [1.82, 2.24) is 0 Å². The molecule has 0 aromatic heterocycles. The van der Waals surface area contributed by atoms with Crippen LogP contribution in [0.15, 0.2) is 42.5 Å². The van der Waals surface area contributed by atoms with Crippen molar-refractivity contribution < 1.29 is 19.1 Å². The number of anilines is 1. The van der Waals surface area contributed by atoms with E-state index in [9.17, 15) is 14.0 Å². The van der Waals surface area contributed by atoms with E-state index in [1.807, 2.05) is 0 Å². The molecule has 4 nitrogen and oxygen atoms in total. The van der Waals surface area contributed by atoms with Crippen molar-refractivity contribution in [3.8, 4) is 0 Å². The molecular formula is C14H9ClFNO3. The summed E-state index contributed by atoms with van der Waals surface area (Å²) in [5, 5.41) is 11.3. The lowest BCUT2D eigenvalue weighted by Crippen LogP contribution is -2.12. The van der Waals surface area contributed by atoms with E-state index in [1.54, 1.807) is 0 Å². The molecule has 0 unspecified atom stereocenters. The summed E-state index contributed by atoms with van der Waals surface area (Å²) in [6.45, 7) is 0. The third-order valence-corrected chi connectivity index (χ3v) is 2.86. The number of benzene rings is 2. The van der Waals surface area contributed by atoms with Gasteiger partial charge in [0.05, 0.1) is 10.6 Å². The largest absolute Gasteiger partial charge is 0.478 e. The zero-order valence-electron chi connectivity index (χ0n) is 10.1. The fourth-order valence-electron chi connectivity index (χ4n) is 1.57. The minimum absolute atomic E-state index is 0.0464. The summed E-state index contributed by atoms with van der Waals surface area (Å²) in [6.07, 6.45) is 0. The van der Waals surface area contributed by atoms with Gasteiger partial charge in [0.25, 0.3) is 5.91 Å². The summed E-state index contributed by atoms with van der Waals surface area (Å²) in [6, 6.07) is 9.42. The first-order valence-electron chi connectivity index (χ1n) is 5.57. The number of carbonyl (C=O) groups excluding carboxylic acids is 1. The number of nitrogens with one attached hydrogen (secondary N) is 1. The summed E-state index contributed by atoms with van der Waals surface area (Å²) in [4.78, 5) is 22.7. The number of hydrogen-bond donors (Lipinski definition) is 2. The highest BCUT2D eigenvalue weighted by molar-refractivity contribution is 6.30. The molecule has 0 fully saturated rings. The van der Waals surface area contributed by atoms with Gasteiger partial charge >= 0.3 is 5.97 Å². The van der Waals surface area contributed by atoms with E-state index < -0.39 is 17.7 Å². The quantitative estimate of drug-likeness (QED) is 0.911. The lowest BCUT2D eigenvalue weighted by atomic mass is 10.1. The standard InChI is InChI=1S/C14H9ClFNO3/c15-11-5-4-8(7-12(11)16)13(18)17-10-3-1-2-9(6-10)14(19)20/h1-7H,(H,17,18)(H,19,20). The first kappa shape index (κ1) is 14.0. The molecule has 6 heteroatoms. The van der Waals surface area contributed by atoms with Gasteiger partial charge in [0.15, 0.2) is 0 Å². The molecular weight excluding hydrogens is 285 g/mol. The van der Waals surface area contributed by atoms with Crippen LogP contribution >= 0.6 is 11.6 Å². The van der Waals surface area contributed by atoms with Crippen molar-refractivity contribution in [2.45, 2.75) is 0 Å². The average Bonchev–Trinajstić information content (AvgIpc) is 2.42. The Kier molecular flexibility index (Phi) is 4.00. The molecule has 0 aliphatic carbocycles. The van der Waals surface area contributed by atoms with Gasteiger partial charge < -0.3 is 10.4 Å². The first-order valence-corrected chi connectivity index (χ1v) is 5.95. The number of carbonyl (C=O) groups is 2. The van der Waals surface area contributed by atoms with E-state index in [4.69, 9.17) is 16.7 Å². The van der Waals surface area contributed by atoms with Crippen LogP contribution in [0.1, 0.15) is 20.7 Å². The Morgan fingerprint density at radius 1 is 1.10 bits per heavy atom. The van der Waals surface area contributed by atoms with Crippen LogP contribution in [0, 0.1) is 5.82 Å². The van der Waals surface area contributed by atoms with Crippen molar-refractivity contribution in [2.24, 2.45) is 0 Å². The van der Waals surface area contributed by atoms with E-state index in [2.05, 4.69) is 5.32 Å². The maximum absolute atomic E-state index is 13.3. The normalized spacial score (nSPS) is 10.1. The number of amides is 1. The van der Waals surface area contributed by atoms with E-state index in [1.165, 1.54) is 36.4 Å². The van der Waals surface area contributed by atoms with Gasteiger partial charge in [-0.05, 0) is 36.4 Å². The molecule has 20 heavy (non-hydrogen) atoms. The van der Waals surface area contributed by atoms with Crippen LogP contribution in [-0.2, 0) is 0 Å². The molecule has 2 rings (SSSR count). The van der Waals surface area contributed by atoms with Crippen molar-refractivity contribution in [1.29, 1.82) is 0 Å². The maximum atomic E-state index is 13.3. The Hall–Kier alpha value is -2.40. The van der Waals surface area contributed by atoms with Crippen LogP contribution in [-0.4, -0.2) is 17.0 Å². The second-order valence-corrected chi connectivity index (χ2v) is 4.38. The molecule has 0 aliphatic rings. The SMILES string of the molecule is O=C(O)c1cccc(NC(=O)c2ccc(Cl)c(F)c2)c1. The Morgan fingerprint density at radius 2 is 1.85 bits per heavy atom. The number of carboxylic acids is 1. The molecule has 0 radical (unpaired) electrons. The molecule has 0 heterocycles. The fourth-order valence-corrected chi connectivity index (χ4v) is 1.69. The summed E-state index contributed by atoms with van der Waals surface area (Å²) in [5.41, 5.74) is 0.447. The summed E-state index contributed by atoms with van der Waals surface area (Å²) >= 11 is 5.53. The van der Waals surface area contributed by atoms with Crippen molar-refractivity contribution in [3.05, 3.63) is 64.4 Å². The fraction of sp³-hybridized carbons (Fsp3) is 0. The third-order valence-electron chi connectivity index (χ3n) is 2.55. The molecule has 102 valence electrons. The molecule has 2 aromatic carbocycles. The van der Waals surface area contributed by atoms with E-state index in [0.717, 1.165) is 6.07 Å². The van der Waals surface area contributed by atoms with Crippen LogP contribution in [0.25, 0.3) is 0 Å². The number of carboxylic acid groups (broad SMARTS) is 1. The zero-order valence-corrected chi connectivity index (χ0v) is 10.8. The topological polar surface area (TPSA) is 66.4 Å². The number of aromatic carboxylic acids is 1. The third kappa shape index (κ3) is 3.13. The monoisotopic (exact) mass is 293 g/mol. The second-order valence-electron chi connectivity index (χ2n) is 3.97. The highest BCUT2D eigenvalue weighted by atomic mass is 35.5. The Bertz CT molecular complexity index is 688. The molecule has 0 saturated heterocycles.